The molecule has 0 unspecified atom stereocenters. The van der Waals surface area contributed by atoms with Gasteiger partial charge in [0.1, 0.15) is 0 Å². The number of para-hydroxylation sites is 2. The van der Waals surface area contributed by atoms with Crippen molar-refractivity contribution in [3.05, 3.63) is 154 Å². The Hall–Kier alpha value is -4.50. The third kappa shape index (κ3) is 7.63. The van der Waals surface area contributed by atoms with Crippen molar-refractivity contribution < 1.29 is 0 Å². The Morgan fingerprint density at radius 3 is 1.38 bits per heavy atom. The van der Waals surface area contributed by atoms with Gasteiger partial charge in [0.2, 0.25) is 0 Å². The van der Waals surface area contributed by atoms with Crippen LogP contribution in [0.1, 0.15) is 105 Å². The van der Waals surface area contributed by atoms with Crippen molar-refractivity contribution in [1.82, 2.24) is 4.57 Å². The predicted octanol–water partition coefficient (Wildman–Crippen LogP) is 16.4. The van der Waals surface area contributed by atoms with Crippen LogP contribution in [-0.4, -0.2) is 4.57 Å². The lowest BCUT2D eigenvalue weighted by molar-refractivity contribution is 0.568. The van der Waals surface area contributed by atoms with Crippen LogP contribution < -0.4 is 4.90 Å². The first kappa shape index (κ1) is 39.7. The first-order valence-electron chi connectivity index (χ1n) is 19.8. The number of hydrogen-bond acceptors (Lipinski definition) is 1. The van der Waals surface area contributed by atoms with Crippen LogP contribution in [0.2, 0.25) is 10.0 Å². The Bertz CT molecular complexity index is 2480. The van der Waals surface area contributed by atoms with Gasteiger partial charge in [-0.1, -0.05) is 179 Å². The molecule has 0 N–H and O–H groups in total. The van der Waals surface area contributed by atoms with E-state index in [9.17, 15) is 0 Å². The molecule has 0 saturated heterocycles. The summed E-state index contributed by atoms with van der Waals surface area (Å²) >= 11 is 14.7. The molecular formula is C52H56Cl2N2. The average molecular weight is 780 g/mol. The third-order valence-electron chi connectivity index (χ3n) is 11.1. The molecule has 7 rings (SSSR count). The maximum absolute atomic E-state index is 7.43. The van der Waals surface area contributed by atoms with Gasteiger partial charge in [-0.05, 0) is 104 Å². The van der Waals surface area contributed by atoms with Crippen LogP contribution in [0.15, 0.2) is 121 Å². The topological polar surface area (TPSA) is 8.17 Å². The lowest BCUT2D eigenvalue weighted by Crippen LogP contribution is -2.19. The van der Waals surface area contributed by atoms with E-state index in [0.29, 0.717) is 10.0 Å². The van der Waals surface area contributed by atoms with Gasteiger partial charge in [-0.25, -0.2) is 0 Å². The van der Waals surface area contributed by atoms with Crippen molar-refractivity contribution in [2.45, 2.75) is 105 Å². The van der Waals surface area contributed by atoms with E-state index >= 15 is 0 Å². The lowest BCUT2D eigenvalue weighted by Gasteiger charge is -2.32. The Kier molecular flexibility index (Phi) is 10.0. The molecule has 56 heavy (non-hydrogen) atoms. The summed E-state index contributed by atoms with van der Waals surface area (Å²) in [5.74, 6) is 0. The minimum Gasteiger partial charge on any atom is -0.309 e. The SMILES string of the molecule is CC(C)(C)c1cc(-c2cccc(N(c3cc(C(C)(C)C)cc(C(C)(C)C)c3)c3cc(-n4c5ccccc5c5ccccc54)cc(Cl)c3Cl)c2)cc(C(C)(C)C)c1. The second-order valence-electron chi connectivity index (χ2n) is 19.6. The molecule has 0 spiro atoms. The molecule has 2 nitrogen and oxygen atoms in total. The van der Waals surface area contributed by atoms with Crippen LogP contribution in [0.3, 0.4) is 0 Å². The summed E-state index contributed by atoms with van der Waals surface area (Å²) in [6.07, 6.45) is 0. The number of halogens is 2. The number of aromatic nitrogens is 1. The summed E-state index contributed by atoms with van der Waals surface area (Å²) in [7, 11) is 0. The summed E-state index contributed by atoms with van der Waals surface area (Å²) < 4.78 is 2.31. The molecule has 0 radical (unpaired) electrons. The second-order valence-corrected chi connectivity index (χ2v) is 20.4. The number of rotatable bonds is 5. The largest absolute Gasteiger partial charge is 0.309 e. The molecule has 0 saturated carbocycles. The number of nitrogens with zero attached hydrogens (tertiary/aromatic N) is 2. The first-order chi connectivity index (χ1) is 26.1. The van der Waals surface area contributed by atoms with E-state index in [2.05, 4.69) is 208 Å². The fourth-order valence-corrected chi connectivity index (χ4v) is 7.97. The van der Waals surface area contributed by atoms with Crippen LogP contribution in [0.25, 0.3) is 38.6 Å². The molecule has 0 atom stereocenters. The maximum Gasteiger partial charge on any atom is 0.0834 e. The van der Waals surface area contributed by atoms with Crippen LogP contribution in [-0.2, 0) is 21.7 Å². The molecule has 288 valence electrons. The van der Waals surface area contributed by atoms with E-state index < -0.39 is 0 Å². The fourth-order valence-electron chi connectivity index (χ4n) is 7.57. The van der Waals surface area contributed by atoms with Crippen LogP contribution in [0.5, 0.6) is 0 Å². The highest BCUT2D eigenvalue weighted by atomic mass is 35.5. The maximum atomic E-state index is 7.43. The van der Waals surface area contributed by atoms with Crippen LogP contribution in [0.4, 0.5) is 17.1 Å². The minimum atomic E-state index is -0.0907. The average Bonchev–Trinajstić information content (AvgIpc) is 3.46. The van der Waals surface area contributed by atoms with Gasteiger partial charge >= 0.3 is 0 Å². The smallest absolute Gasteiger partial charge is 0.0834 e. The molecule has 0 amide bonds. The van der Waals surface area contributed by atoms with Gasteiger partial charge in [-0.3, -0.25) is 0 Å². The molecule has 4 heteroatoms. The number of benzene rings is 6. The number of hydrogen-bond donors (Lipinski definition) is 0. The Morgan fingerprint density at radius 1 is 0.429 bits per heavy atom. The van der Waals surface area contributed by atoms with Gasteiger partial charge in [0.15, 0.2) is 0 Å². The van der Waals surface area contributed by atoms with Crippen molar-refractivity contribution in [3.63, 3.8) is 0 Å². The second kappa shape index (κ2) is 14.2. The van der Waals surface area contributed by atoms with Crippen molar-refractivity contribution in [1.29, 1.82) is 0 Å². The lowest BCUT2D eigenvalue weighted by atomic mass is 9.79. The minimum absolute atomic E-state index is 0.00602. The van der Waals surface area contributed by atoms with Crippen molar-refractivity contribution in [3.8, 4) is 16.8 Å². The summed E-state index contributed by atoms with van der Waals surface area (Å²) in [4.78, 5) is 2.32. The highest BCUT2D eigenvalue weighted by molar-refractivity contribution is 6.44. The molecule has 1 aromatic heterocycles. The summed E-state index contributed by atoms with van der Waals surface area (Å²) in [6.45, 7) is 27.5. The van der Waals surface area contributed by atoms with E-state index in [0.717, 1.165) is 39.3 Å². The zero-order valence-corrected chi connectivity index (χ0v) is 36.7. The Morgan fingerprint density at radius 2 is 0.893 bits per heavy atom. The standard InChI is InChI=1S/C52H56Cl2N2/c1-49(2,3)35-24-34(25-36(27-35)50(4,5)6)33-18-17-19-39(26-33)55(40-29-37(51(7,8)9)28-38(30-40)52(10,11)12)47-32-41(31-44(53)48(47)54)56-45-22-15-13-20-42(45)43-21-14-16-23-46(43)56/h13-32H,1-12H3. The van der Waals surface area contributed by atoms with Crippen molar-refractivity contribution in [2.75, 3.05) is 4.90 Å². The summed E-state index contributed by atoms with van der Waals surface area (Å²) in [6, 6.07) is 44.4. The highest BCUT2D eigenvalue weighted by Gasteiger charge is 2.27. The van der Waals surface area contributed by atoms with Gasteiger partial charge in [-0.15, -0.1) is 0 Å². The molecular weight excluding hydrogens is 723 g/mol. The van der Waals surface area contributed by atoms with Gasteiger partial charge in [0, 0.05) is 27.8 Å². The normalized spacial score (nSPS) is 12.8. The van der Waals surface area contributed by atoms with E-state index in [-0.39, 0.29) is 21.7 Å². The summed E-state index contributed by atoms with van der Waals surface area (Å²) in [5, 5.41) is 3.39. The monoisotopic (exact) mass is 778 g/mol. The van der Waals surface area contributed by atoms with E-state index in [1.807, 2.05) is 6.07 Å². The summed E-state index contributed by atoms with van der Waals surface area (Å²) in [5.41, 5.74) is 13.4. The van der Waals surface area contributed by atoms with Crippen LogP contribution in [0, 0.1) is 0 Å². The molecule has 0 aliphatic carbocycles. The van der Waals surface area contributed by atoms with Crippen LogP contribution >= 0.6 is 23.2 Å². The zero-order chi connectivity index (χ0) is 40.5. The number of anilines is 3. The fraction of sp³-hybridized carbons (Fsp3) is 0.308. The quantitative estimate of drug-likeness (QED) is 0.169. The molecule has 0 aliphatic rings. The highest BCUT2D eigenvalue weighted by Crippen LogP contribution is 2.47. The molecule has 7 aromatic rings. The molecule has 0 aliphatic heterocycles. The molecule has 0 fully saturated rings. The van der Waals surface area contributed by atoms with Crippen molar-refractivity contribution in [2.24, 2.45) is 0 Å². The number of fused-ring (bicyclic) bond motifs is 3. The van der Waals surface area contributed by atoms with E-state index in [1.54, 1.807) is 0 Å². The Balaban J connectivity index is 1.54. The van der Waals surface area contributed by atoms with Gasteiger partial charge in [-0.2, -0.15) is 0 Å². The molecule has 6 aromatic carbocycles. The van der Waals surface area contributed by atoms with E-state index in [1.165, 1.54) is 38.6 Å². The van der Waals surface area contributed by atoms with Gasteiger partial charge in [0.05, 0.1) is 26.8 Å². The third-order valence-corrected chi connectivity index (χ3v) is 11.9. The predicted molar refractivity (Wildman–Crippen MR) is 246 cm³/mol. The van der Waals surface area contributed by atoms with E-state index in [4.69, 9.17) is 23.2 Å². The zero-order valence-electron chi connectivity index (χ0n) is 35.2. The molecule has 0 bridgehead atoms. The van der Waals surface area contributed by atoms with Crippen molar-refractivity contribution >= 4 is 62.1 Å². The first-order valence-corrected chi connectivity index (χ1v) is 20.6. The van der Waals surface area contributed by atoms with Gasteiger partial charge < -0.3 is 9.47 Å². The molecule has 1 heterocycles. The van der Waals surface area contributed by atoms with Gasteiger partial charge in [0.25, 0.3) is 0 Å². The Labute approximate surface area is 345 Å².